The van der Waals surface area contributed by atoms with E-state index in [-0.39, 0.29) is 37.6 Å². The molecule has 0 bridgehead atoms. The second-order valence-corrected chi connectivity index (χ2v) is 5.87. The van der Waals surface area contributed by atoms with Crippen molar-refractivity contribution in [3.8, 4) is 5.75 Å². The number of benzene rings is 1. The molecule has 0 saturated carbocycles. The number of carbonyl (C=O) groups excluding carboxylic acids is 2. The number of hydrogen-bond donors (Lipinski definition) is 2. The van der Waals surface area contributed by atoms with Crippen molar-refractivity contribution in [2.75, 3.05) is 18.1 Å². The molecule has 1 aromatic carbocycles. The first-order valence-electron chi connectivity index (χ1n) is 8.20. The quantitative estimate of drug-likeness (QED) is 0.832. The van der Waals surface area contributed by atoms with E-state index in [1.807, 2.05) is 19.1 Å². The molecule has 0 fully saturated rings. The van der Waals surface area contributed by atoms with Crippen molar-refractivity contribution in [1.82, 2.24) is 5.32 Å². The SMILES string of the molecule is CCC(N)c1ccc2c(c1)N(CC(=O)NCc1ccco1)C(=O)CO2. The van der Waals surface area contributed by atoms with Crippen molar-refractivity contribution in [2.24, 2.45) is 5.73 Å². The highest BCUT2D eigenvalue weighted by Crippen LogP contribution is 2.34. The van der Waals surface area contributed by atoms with Crippen LogP contribution < -0.4 is 20.7 Å². The molecule has 1 aliphatic rings. The lowest BCUT2D eigenvalue weighted by Crippen LogP contribution is -2.45. The Bertz CT molecular complexity index is 758. The van der Waals surface area contributed by atoms with Gasteiger partial charge in [0.15, 0.2) is 6.61 Å². The minimum Gasteiger partial charge on any atom is -0.482 e. The summed E-state index contributed by atoms with van der Waals surface area (Å²) >= 11 is 0. The van der Waals surface area contributed by atoms with Crippen LogP contribution in [0.3, 0.4) is 0 Å². The largest absolute Gasteiger partial charge is 0.482 e. The molecule has 7 heteroatoms. The van der Waals surface area contributed by atoms with Gasteiger partial charge in [0, 0.05) is 6.04 Å². The van der Waals surface area contributed by atoms with Gasteiger partial charge in [0.1, 0.15) is 18.1 Å². The van der Waals surface area contributed by atoms with Gasteiger partial charge >= 0.3 is 0 Å². The van der Waals surface area contributed by atoms with Gasteiger partial charge < -0.3 is 20.2 Å². The lowest BCUT2D eigenvalue weighted by atomic mass is 10.0. The van der Waals surface area contributed by atoms with E-state index in [4.69, 9.17) is 14.9 Å². The molecule has 0 spiro atoms. The Kier molecular flexibility index (Phi) is 5.04. The number of anilines is 1. The predicted octanol–water partition coefficient (Wildman–Crippen LogP) is 1.73. The van der Waals surface area contributed by atoms with Crippen LogP contribution in [0.5, 0.6) is 5.75 Å². The number of nitrogens with one attached hydrogen (secondary N) is 1. The summed E-state index contributed by atoms with van der Waals surface area (Å²) in [5.41, 5.74) is 7.55. The van der Waals surface area contributed by atoms with Gasteiger partial charge in [-0.25, -0.2) is 0 Å². The molecular formula is C18H21N3O4. The van der Waals surface area contributed by atoms with Crippen LogP contribution in [0.2, 0.25) is 0 Å². The third-order valence-corrected chi connectivity index (χ3v) is 4.14. The zero-order chi connectivity index (χ0) is 17.8. The topological polar surface area (TPSA) is 97.8 Å². The van der Waals surface area contributed by atoms with Crippen molar-refractivity contribution < 1.29 is 18.7 Å². The summed E-state index contributed by atoms with van der Waals surface area (Å²) in [6.07, 6.45) is 2.32. The number of hydrogen-bond acceptors (Lipinski definition) is 5. The molecular weight excluding hydrogens is 322 g/mol. The number of fused-ring (bicyclic) bond motifs is 1. The van der Waals surface area contributed by atoms with Crippen molar-refractivity contribution in [3.63, 3.8) is 0 Å². The first kappa shape index (κ1) is 17.0. The fourth-order valence-electron chi connectivity index (χ4n) is 2.66. The molecule has 0 aliphatic carbocycles. The molecule has 25 heavy (non-hydrogen) atoms. The molecule has 1 aliphatic heterocycles. The van der Waals surface area contributed by atoms with Gasteiger partial charge in [0.05, 0.1) is 18.5 Å². The van der Waals surface area contributed by atoms with Crippen LogP contribution in [-0.2, 0) is 16.1 Å². The molecule has 3 rings (SSSR count). The maximum atomic E-state index is 12.2. The molecule has 2 aromatic rings. The van der Waals surface area contributed by atoms with Gasteiger partial charge in [0.2, 0.25) is 5.91 Å². The van der Waals surface area contributed by atoms with Crippen LogP contribution in [0, 0.1) is 0 Å². The molecule has 1 aromatic heterocycles. The van der Waals surface area contributed by atoms with Crippen LogP contribution in [-0.4, -0.2) is 25.0 Å². The van der Waals surface area contributed by atoms with Crippen molar-refractivity contribution in [2.45, 2.75) is 25.9 Å². The lowest BCUT2D eigenvalue weighted by molar-refractivity contribution is -0.125. The van der Waals surface area contributed by atoms with E-state index >= 15 is 0 Å². The summed E-state index contributed by atoms with van der Waals surface area (Å²) < 4.78 is 10.6. The van der Waals surface area contributed by atoms with Crippen LogP contribution in [0.15, 0.2) is 41.0 Å². The fraction of sp³-hybridized carbons (Fsp3) is 0.333. The number of carbonyl (C=O) groups is 2. The summed E-state index contributed by atoms with van der Waals surface area (Å²) in [6, 6.07) is 8.89. The van der Waals surface area contributed by atoms with Gasteiger partial charge in [-0.15, -0.1) is 0 Å². The van der Waals surface area contributed by atoms with E-state index in [9.17, 15) is 9.59 Å². The Balaban J connectivity index is 1.74. The molecule has 3 N–H and O–H groups in total. The van der Waals surface area contributed by atoms with Crippen molar-refractivity contribution in [1.29, 1.82) is 0 Å². The zero-order valence-corrected chi connectivity index (χ0v) is 14.0. The highest BCUT2D eigenvalue weighted by molar-refractivity contribution is 6.02. The molecule has 0 radical (unpaired) electrons. The third-order valence-electron chi connectivity index (χ3n) is 4.14. The van der Waals surface area contributed by atoms with E-state index in [0.717, 1.165) is 12.0 Å². The van der Waals surface area contributed by atoms with E-state index in [1.54, 1.807) is 24.5 Å². The first-order valence-corrected chi connectivity index (χ1v) is 8.20. The van der Waals surface area contributed by atoms with Gasteiger partial charge in [0.25, 0.3) is 5.91 Å². The predicted molar refractivity (Wildman–Crippen MR) is 92.1 cm³/mol. The smallest absolute Gasteiger partial charge is 0.265 e. The maximum absolute atomic E-state index is 12.2. The highest BCUT2D eigenvalue weighted by Gasteiger charge is 2.28. The summed E-state index contributed by atoms with van der Waals surface area (Å²) in [5.74, 6) is 0.689. The Morgan fingerprint density at radius 1 is 1.40 bits per heavy atom. The second-order valence-electron chi connectivity index (χ2n) is 5.87. The van der Waals surface area contributed by atoms with Crippen LogP contribution >= 0.6 is 0 Å². The first-order chi connectivity index (χ1) is 12.1. The minimum absolute atomic E-state index is 0.0826. The molecule has 132 valence electrons. The Morgan fingerprint density at radius 3 is 2.96 bits per heavy atom. The normalized spacial score (nSPS) is 14.6. The van der Waals surface area contributed by atoms with Crippen LogP contribution in [0.4, 0.5) is 5.69 Å². The van der Waals surface area contributed by atoms with Crippen molar-refractivity contribution in [3.05, 3.63) is 47.9 Å². The summed E-state index contributed by atoms with van der Waals surface area (Å²) in [7, 11) is 0. The van der Waals surface area contributed by atoms with Gasteiger partial charge in [-0.2, -0.15) is 0 Å². The fourth-order valence-corrected chi connectivity index (χ4v) is 2.66. The number of furan rings is 1. The molecule has 1 atom stereocenters. The Hall–Kier alpha value is -2.80. The maximum Gasteiger partial charge on any atom is 0.265 e. The summed E-state index contributed by atoms with van der Waals surface area (Å²) in [6.45, 7) is 2.10. The summed E-state index contributed by atoms with van der Waals surface area (Å²) in [4.78, 5) is 25.9. The number of ether oxygens (including phenoxy) is 1. The molecule has 0 saturated heterocycles. The molecule has 2 heterocycles. The van der Waals surface area contributed by atoms with Crippen LogP contribution in [0.25, 0.3) is 0 Å². The monoisotopic (exact) mass is 343 g/mol. The van der Waals surface area contributed by atoms with E-state index < -0.39 is 0 Å². The molecule has 1 unspecified atom stereocenters. The standard InChI is InChI=1S/C18H21N3O4/c1-2-14(19)12-5-6-16-15(8-12)21(18(23)11-25-16)10-17(22)20-9-13-4-3-7-24-13/h3-8,14H,2,9-11,19H2,1H3,(H,20,22). The zero-order valence-electron chi connectivity index (χ0n) is 14.0. The minimum atomic E-state index is -0.275. The van der Waals surface area contributed by atoms with E-state index in [1.165, 1.54) is 4.90 Å². The number of amides is 2. The molecule has 7 nitrogen and oxygen atoms in total. The number of nitrogens with zero attached hydrogens (tertiary/aromatic N) is 1. The summed E-state index contributed by atoms with van der Waals surface area (Å²) in [5, 5.41) is 2.74. The second kappa shape index (κ2) is 7.40. The van der Waals surface area contributed by atoms with E-state index in [2.05, 4.69) is 5.32 Å². The average Bonchev–Trinajstić information content (AvgIpc) is 3.15. The van der Waals surface area contributed by atoms with Gasteiger partial charge in [-0.1, -0.05) is 13.0 Å². The Labute approximate surface area is 145 Å². The van der Waals surface area contributed by atoms with E-state index in [0.29, 0.717) is 17.2 Å². The third kappa shape index (κ3) is 3.83. The van der Waals surface area contributed by atoms with Gasteiger partial charge in [-0.3, -0.25) is 14.5 Å². The lowest BCUT2D eigenvalue weighted by Gasteiger charge is -2.29. The van der Waals surface area contributed by atoms with Gasteiger partial charge in [-0.05, 0) is 36.2 Å². The Morgan fingerprint density at radius 2 is 2.24 bits per heavy atom. The number of rotatable bonds is 6. The average molecular weight is 343 g/mol. The van der Waals surface area contributed by atoms with Crippen molar-refractivity contribution >= 4 is 17.5 Å². The number of nitrogens with two attached hydrogens (primary N) is 1. The molecule has 2 amide bonds. The van der Waals surface area contributed by atoms with Crippen LogP contribution in [0.1, 0.15) is 30.7 Å². The highest BCUT2D eigenvalue weighted by atomic mass is 16.5.